The summed E-state index contributed by atoms with van der Waals surface area (Å²) in [4.78, 5) is 8.15. The largest absolute Gasteiger partial charge is 0.354 e. The molecule has 0 saturated carbocycles. The smallest absolute Gasteiger partial charge is 0.224 e. The molecule has 2 aromatic rings. The zero-order valence-corrected chi connectivity index (χ0v) is 11.5. The predicted molar refractivity (Wildman–Crippen MR) is 75.5 cm³/mol. The Balaban J connectivity index is 2.23. The van der Waals surface area contributed by atoms with Crippen LogP contribution in [-0.2, 0) is 0 Å². The van der Waals surface area contributed by atoms with Gasteiger partial charge in [0.2, 0.25) is 5.95 Å². The second-order valence-electron chi connectivity index (χ2n) is 4.07. The van der Waals surface area contributed by atoms with Gasteiger partial charge in [0.25, 0.3) is 0 Å². The van der Waals surface area contributed by atoms with Gasteiger partial charge in [-0.2, -0.15) is 4.98 Å². The maximum atomic E-state index is 13.6. The number of halogens is 3. The molecule has 20 heavy (non-hydrogen) atoms. The van der Waals surface area contributed by atoms with Gasteiger partial charge in [-0.1, -0.05) is 18.5 Å². The Kier molecular flexibility index (Phi) is 4.68. The Morgan fingerprint density at radius 2 is 2.10 bits per heavy atom. The highest BCUT2D eigenvalue weighted by atomic mass is 35.5. The van der Waals surface area contributed by atoms with Crippen LogP contribution >= 0.6 is 11.6 Å². The molecule has 0 aliphatic heterocycles. The van der Waals surface area contributed by atoms with E-state index in [0.29, 0.717) is 12.5 Å². The molecular weight excluding hydrogens is 286 g/mol. The first-order valence-electron chi connectivity index (χ1n) is 6.08. The molecule has 0 unspecified atom stereocenters. The van der Waals surface area contributed by atoms with E-state index in [9.17, 15) is 8.78 Å². The van der Waals surface area contributed by atoms with Gasteiger partial charge in [-0.25, -0.2) is 13.8 Å². The van der Waals surface area contributed by atoms with Crippen LogP contribution in [-0.4, -0.2) is 16.5 Å². The van der Waals surface area contributed by atoms with Crippen molar-refractivity contribution in [2.45, 2.75) is 13.3 Å². The molecule has 0 spiro atoms. The fourth-order valence-electron chi connectivity index (χ4n) is 1.50. The van der Waals surface area contributed by atoms with Crippen molar-refractivity contribution in [3.05, 3.63) is 41.1 Å². The highest BCUT2D eigenvalue weighted by molar-refractivity contribution is 6.32. The van der Waals surface area contributed by atoms with Crippen molar-refractivity contribution in [1.82, 2.24) is 9.97 Å². The normalized spacial score (nSPS) is 10.4. The molecule has 1 heterocycles. The number of hydrogen-bond acceptors (Lipinski definition) is 4. The summed E-state index contributed by atoms with van der Waals surface area (Å²) < 4.78 is 26.4. The summed E-state index contributed by atoms with van der Waals surface area (Å²) in [7, 11) is 0. The lowest BCUT2D eigenvalue weighted by Crippen LogP contribution is -2.06. The maximum Gasteiger partial charge on any atom is 0.224 e. The first-order valence-corrected chi connectivity index (χ1v) is 6.46. The summed E-state index contributed by atoms with van der Waals surface area (Å²) in [5.74, 6) is -0.720. The molecule has 0 atom stereocenters. The molecule has 0 aliphatic carbocycles. The van der Waals surface area contributed by atoms with Crippen LogP contribution in [0.2, 0.25) is 5.02 Å². The molecule has 2 rings (SSSR count). The van der Waals surface area contributed by atoms with Gasteiger partial charge in [0.05, 0.1) is 11.9 Å². The lowest BCUT2D eigenvalue weighted by atomic mass is 10.3. The van der Waals surface area contributed by atoms with E-state index < -0.39 is 11.6 Å². The average molecular weight is 299 g/mol. The van der Waals surface area contributed by atoms with Gasteiger partial charge in [0, 0.05) is 12.6 Å². The Bertz CT molecular complexity index is 607. The van der Waals surface area contributed by atoms with Gasteiger partial charge in [-0.05, 0) is 18.6 Å². The molecule has 0 radical (unpaired) electrons. The number of benzene rings is 1. The van der Waals surface area contributed by atoms with Crippen LogP contribution in [0.4, 0.5) is 26.2 Å². The van der Waals surface area contributed by atoms with Gasteiger partial charge in [0.15, 0.2) is 5.82 Å². The summed E-state index contributed by atoms with van der Waals surface area (Å²) in [6, 6.07) is 3.21. The van der Waals surface area contributed by atoms with Gasteiger partial charge in [-0.3, -0.25) is 0 Å². The highest BCUT2D eigenvalue weighted by Crippen LogP contribution is 2.25. The van der Waals surface area contributed by atoms with E-state index in [1.54, 1.807) is 0 Å². The monoisotopic (exact) mass is 298 g/mol. The number of nitrogens with one attached hydrogen (secondary N) is 2. The average Bonchev–Trinajstić information content (AvgIpc) is 2.42. The van der Waals surface area contributed by atoms with Gasteiger partial charge in [0.1, 0.15) is 16.7 Å². The molecule has 106 valence electrons. The van der Waals surface area contributed by atoms with Crippen LogP contribution in [0.25, 0.3) is 0 Å². The van der Waals surface area contributed by atoms with Crippen molar-refractivity contribution in [1.29, 1.82) is 0 Å². The zero-order valence-electron chi connectivity index (χ0n) is 10.8. The van der Waals surface area contributed by atoms with Crippen LogP contribution in [0.3, 0.4) is 0 Å². The Morgan fingerprint density at radius 1 is 1.30 bits per heavy atom. The second-order valence-corrected chi connectivity index (χ2v) is 4.47. The Labute approximate surface area is 120 Å². The quantitative estimate of drug-likeness (QED) is 0.877. The number of anilines is 3. The molecule has 0 fully saturated rings. The molecule has 1 aromatic heterocycles. The van der Waals surface area contributed by atoms with Crippen LogP contribution in [0.1, 0.15) is 13.3 Å². The topological polar surface area (TPSA) is 49.8 Å². The first kappa shape index (κ1) is 14.5. The first-order chi connectivity index (χ1) is 9.60. The molecule has 2 N–H and O–H groups in total. The van der Waals surface area contributed by atoms with E-state index in [4.69, 9.17) is 11.6 Å². The lowest BCUT2D eigenvalue weighted by Gasteiger charge is -2.10. The number of aromatic nitrogens is 2. The van der Waals surface area contributed by atoms with Crippen molar-refractivity contribution in [2.24, 2.45) is 0 Å². The van der Waals surface area contributed by atoms with Gasteiger partial charge in [-0.15, -0.1) is 0 Å². The molecule has 0 aliphatic rings. The van der Waals surface area contributed by atoms with E-state index >= 15 is 0 Å². The van der Waals surface area contributed by atoms with E-state index in [2.05, 4.69) is 20.6 Å². The van der Waals surface area contributed by atoms with Crippen LogP contribution in [0, 0.1) is 11.6 Å². The zero-order chi connectivity index (χ0) is 14.5. The Morgan fingerprint density at radius 3 is 2.80 bits per heavy atom. The van der Waals surface area contributed by atoms with Crippen molar-refractivity contribution in [3.8, 4) is 0 Å². The van der Waals surface area contributed by atoms with Crippen molar-refractivity contribution >= 4 is 29.1 Å². The molecule has 0 bridgehead atoms. The summed E-state index contributed by atoms with van der Waals surface area (Å²) in [5, 5.41) is 5.96. The van der Waals surface area contributed by atoms with Crippen LogP contribution in [0.5, 0.6) is 0 Å². The molecule has 0 saturated heterocycles. The highest BCUT2D eigenvalue weighted by Gasteiger charge is 2.09. The van der Waals surface area contributed by atoms with Gasteiger partial charge < -0.3 is 10.6 Å². The lowest BCUT2D eigenvalue weighted by molar-refractivity contribution is 0.586. The van der Waals surface area contributed by atoms with E-state index in [0.717, 1.165) is 18.6 Å². The fraction of sp³-hybridized carbons (Fsp3) is 0.231. The molecular formula is C13H13ClF2N4. The minimum absolute atomic E-state index is 0.0911. The van der Waals surface area contributed by atoms with E-state index in [-0.39, 0.29) is 16.5 Å². The van der Waals surface area contributed by atoms with Crippen molar-refractivity contribution in [3.63, 3.8) is 0 Å². The third-order valence-electron chi connectivity index (χ3n) is 2.46. The number of rotatable bonds is 5. The van der Waals surface area contributed by atoms with Crippen LogP contribution in [0.15, 0.2) is 24.4 Å². The fourth-order valence-corrected chi connectivity index (χ4v) is 1.63. The molecule has 1 aromatic carbocycles. The second kappa shape index (κ2) is 6.47. The van der Waals surface area contributed by atoms with Crippen molar-refractivity contribution < 1.29 is 8.78 Å². The maximum absolute atomic E-state index is 13.6. The summed E-state index contributed by atoms with van der Waals surface area (Å²) in [6.07, 6.45) is 2.33. The van der Waals surface area contributed by atoms with Crippen molar-refractivity contribution in [2.75, 3.05) is 17.2 Å². The number of nitrogens with zero attached hydrogens (tertiary/aromatic N) is 2. The minimum Gasteiger partial charge on any atom is -0.354 e. The minimum atomic E-state index is -0.720. The van der Waals surface area contributed by atoms with Crippen LogP contribution < -0.4 is 10.6 Å². The van der Waals surface area contributed by atoms with E-state index in [1.807, 2.05) is 6.92 Å². The summed E-state index contributed by atoms with van der Waals surface area (Å²) >= 11 is 5.95. The third kappa shape index (κ3) is 3.54. The SMILES string of the molecule is CCCNc1ncc(Cl)c(Nc2ccc(F)cc2F)n1. The van der Waals surface area contributed by atoms with Gasteiger partial charge >= 0.3 is 0 Å². The summed E-state index contributed by atoms with van der Waals surface area (Å²) in [6.45, 7) is 2.72. The standard InChI is InChI=1S/C13H13ClF2N4/c1-2-5-17-13-18-7-9(14)12(20-13)19-11-4-3-8(15)6-10(11)16/h3-4,6-7H,2,5H2,1H3,(H2,17,18,19,20). The Hall–Kier alpha value is -1.95. The third-order valence-corrected chi connectivity index (χ3v) is 2.74. The van der Waals surface area contributed by atoms with E-state index in [1.165, 1.54) is 12.3 Å². The molecule has 7 heteroatoms. The molecule has 4 nitrogen and oxygen atoms in total. The molecule has 0 amide bonds. The number of hydrogen-bond donors (Lipinski definition) is 2. The predicted octanol–water partition coefficient (Wildman–Crippen LogP) is 3.97. The summed E-state index contributed by atoms with van der Waals surface area (Å²) in [5.41, 5.74) is 0.0911.